The van der Waals surface area contributed by atoms with Crippen molar-refractivity contribution < 1.29 is 0 Å². The molecule has 0 saturated heterocycles. The van der Waals surface area contributed by atoms with Crippen LogP contribution in [0.25, 0.3) is 0 Å². The van der Waals surface area contributed by atoms with Gasteiger partial charge in [0.1, 0.15) is 5.01 Å². The van der Waals surface area contributed by atoms with Crippen LogP contribution < -0.4 is 5.32 Å². The van der Waals surface area contributed by atoms with Crippen LogP contribution >= 0.6 is 11.3 Å². The third-order valence-electron chi connectivity index (χ3n) is 2.59. The van der Waals surface area contributed by atoms with E-state index < -0.39 is 0 Å². The number of nitrogens with zero attached hydrogens (tertiary/aromatic N) is 4. The van der Waals surface area contributed by atoms with E-state index in [-0.39, 0.29) is 0 Å². The minimum Gasteiger partial charge on any atom is -0.363 e. The molecule has 0 amide bonds. The van der Waals surface area contributed by atoms with E-state index in [1.165, 1.54) is 0 Å². The summed E-state index contributed by atoms with van der Waals surface area (Å²) in [5.41, 5.74) is 1.82. The first-order valence-electron chi connectivity index (χ1n) is 5.89. The van der Waals surface area contributed by atoms with Gasteiger partial charge in [0.25, 0.3) is 0 Å². The molecule has 1 aromatic carbocycles. The molecule has 0 spiro atoms. The zero-order valence-electron chi connectivity index (χ0n) is 10.9. The summed E-state index contributed by atoms with van der Waals surface area (Å²) in [6.07, 6.45) is 0. The maximum atomic E-state index is 8.87. The molecule has 0 aliphatic rings. The van der Waals surface area contributed by atoms with Crippen LogP contribution in [0.2, 0.25) is 0 Å². The maximum absolute atomic E-state index is 8.87. The van der Waals surface area contributed by atoms with Crippen LogP contribution in [-0.4, -0.2) is 29.2 Å². The second-order valence-electron chi connectivity index (χ2n) is 4.24. The Hall–Kier alpha value is -1.97. The lowest BCUT2D eigenvalue weighted by atomic mass is 10.1. The van der Waals surface area contributed by atoms with Crippen molar-refractivity contribution in [2.75, 3.05) is 19.4 Å². The standard InChI is InChI=1S/C13H15N5S/c1-15-13-17-16-12(19-13)9-18(2)8-11-5-3-4-10(6-11)7-14/h3-6H,8-9H2,1-2H3,(H,15,17). The third kappa shape index (κ3) is 3.74. The van der Waals surface area contributed by atoms with E-state index >= 15 is 0 Å². The summed E-state index contributed by atoms with van der Waals surface area (Å²) in [4.78, 5) is 2.15. The van der Waals surface area contributed by atoms with Gasteiger partial charge in [-0.05, 0) is 24.7 Å². The molecule has 0 saturated carbocycles. The Labute approximate surface area is 116 Å². The highest BCUT2D eigenvalue weighted by Crippen LogP contribution is 2.16. The van der Waals surface area contributed by atoms with E-state index in [1.807, 2.05) is 38.4 Å². The number of rotatable bonds is 5. The summed E-state index contributed by atoms with van der Waals surface area (Å²) in [5.74, 6) is 0. The number of benzene rings is 1. The molecular weight excluding hydrogens is 258 g/mol. The van der Waals surface area contributed by atoms with Crippen LogP contribution in [0.15, 0.2) is 24.3 Å². The van der Waals surface area contributed by atoms with Crippen LogP contribution in [0, 0.1) is 11.3 Å². The molecule has 0 fully saturated rings. The molecule has 98 valence electrons. The fourth-order valence-corrected chi connectivity index (χ4v) is 2.53. The fraction of sp³-hybridized carbons (Fsp3) is 0.308. The molecule has 0 bridgehead atoms. The van der Waals surface area contributed by atoms with E-state index in [0.717, 1.165) is 28.8 Å². The van der Waals surface area contributed by atoms with Gasteiger partial charge in [-0.15, -0.1) is 10.2 Å². The molecule has 0 unspecified atom stereocenters. The largest absolute Gasteiger partial charge is 0.363 e. The first kappa shape index (κ1) is 13.5. The van der Waals surface area contributed by atoms with Crippen molar-refractivity contribution in [3.05, 3.63) is 40.4 Å². The molecule has 5 nitrogen and oxygen atoms in total. The van der Waals surface area contributed by atoms with E-state index in [4.69, 9.17) is 5.26 Å². The van der Waals surface area contributed by atoms with Crippen LogP contribution in [0.3, 0.4) is 0 Å². The van der Waals surface area contributed by atoms with Gasteiger partial charge < -0.3 is 5.32 Å². The monoisotopic (exact) mass is 273 g/mol. The number of aromatic nitrogens is 2. The van der Waals surface area contributed by atoms with E-state index in [2.05, 4.69) is 26.5 Å². The number of hydrogen-bond donors (Lipinski definition) is 1. The van der Waals surface area contributed by atoms with Crippen molar-refractivity contribution in [3.63, 3.8) is 0 Å². The molecule has 1 N–H and O–H groups in total. The molecule has 0 radical (unpaired) electrons. The molecule has 19 heavy (non-hydrogen) atoms. The highest BCUT2D eigenvalue weighted by molar-refractivity contribution is 7.15. The Morgan fingerprint density at radius 2 is 2.21 bits per heavy atom. The Balaban J connectivity index is 1.97. The zero-order chi connectivity index (χ0) is 13.7. The van der Waals surface area contributed by atoms with Gasteiger partial charge in [-0.2, -0.15) is 5.26 Å². The Bertz CT molecular complexity index is 587. The zero-order valence-corrected chi connectivity index (χ0v) is 11.7. The quantitative estimate of drug-likeness (QED) is 0.903. The second kappa shape index (κ2) is 6.27. The molecule has 0 atom stereocenters. The summed E-state index contributed by atoms with van der Waals surface area (Å²) in [6, 6.07) is 9.81. The van der Waals surface area contributed by atoms with Gasteiger partial charge >= 0.3 is 0 Å². The van der Waals surface area contributed by atoms with Crippen LogP contribution in [0.5, 0.6) is 0 Å². The fourth-order valence-electron chi connectivity index (χ4n) is 1.76. The van der Waals surface area contributed by atoms with Crippen LogP contribution in [0.1, 0.15) is 16.1 Å². The molecule has 2 aromatic rings. The van der Waals surface area contributed by atoms with Crippen molar-refractivity contribution >= 4 is 16.5 Å². The lowest BCUT2D eigenvalue weighted by Gasteiger charge is -2.14. The smallest absolute Gasteiger partial charge is 0.205 e. The third-order valence-corrected chi connectivity index (χ3v) is 3.52. The van der Waals surface area contributed by atoms with E-state index in [9.17, 15) is 0 Å². The minimum atomic E-state index is 0.694. The Morgan fingerprint density at radius 1 is 1.37 bits per heavy atom. The molecule has 1 heterocycles. The van der Waals surface area contributed by atoms with Crippen molar-refractivity contribution in [2.45, 2.75) is 13.1 Å². The predicted octanol–water partition coefficient (Wildman–Crippen LogP) is 2.08. The summed E-state index contributed by atoms with van der Waals surface area (Å²) in [6.45, 7) is 1.53. The number of nitrogens with one attached hydrogen (secondary N) is 1. The molecule has 2 rings (SSSR count). The molecular formula is C13H15N5S. The maximum Gasteiger partial charge on any atom is 0.205 e. The van der Waals surface area contributed by atoms with Gasteiger partial charge in [-0.25, -0.2) is 0 Å². The normalized spacial score (nSPS) is 10.4. The van der Waals surface area contributed by atoms with Gasteiger partial charge in [0.2, 0.25) is 5.13 Å². The lowest BCUT2D eigenvalue weighted by molar-refractivity contribution is 0.317. The predicted molar refractivity (Wildman–Crippen MR) is 75.8 cm³/mol. The van der Waals surface area contributed by atoms with Crippen LogP contribution in [0.4, 0.5) is 5.13 Å². The van der Waals surface area contributed by atoms with Gasteiger partial charge in [-0.3, -0.25) is 4.90 Å². The first-order chi connectivity index (χ1) is 9.21. The second-order valence-corrected chi connectivity index (χ2v) is 5.30. The number of hydrogen-bond acceptors (Lipinski definition) is 6. The van der Waals surface area contributed by atoms with Crippen molar-refractivity contribution in [3.8, 4) is 6.07 Å². The molecule has 1 aromatic heterocycles. The number of nitriles is 1. The van der Waals surface area contributed by atoms with Crippen molar-refractivity contribution in [2.24, 2.45) is 0 Å². The van der Waals surface area contributed by atoms with Crippen LogP contribution in [-0.2, 0) is 13.1 Å². The average Bonchev–Trinajstić information content (AvgIpc) is 2.86. The molecule has 6 heteroatoms. The van der Waals surface area contributed by atoms with Gasteiger partial charge in [0, 0.05) is 13.6 Å². The highest BCUT2D eigenvalue weighted by atomic mass is 32.1. The summed E-state index contributed by atoms with van der Waals surface area (Å²) >= 11 is 1.55. The number of anilines is 1. The Kier molecular flexibility index (Phi) is 4.44. The summed E-state index contributed by atoms with van der Waals surface area (Å²) in [7, 11) is 3.86. The SMILES string of the molecule is CNc1nnc(CN(C)Cc2cccc(C#N)c2)s1. The summed E-state index contributed by atoms with van der Waals surface area (Å²) in [5, 5.41) is 21.8. The molecule has 0 aliphatic heterocycles. The van der Waals surface area contributed by atoms with E-state index in [0.29, 0.717) is 5.56 Å². The Morgan fingerprint density at radius 3 is 2.89 bits per heavy atom. The lowest BCUT2D eigenvalue weighted by Crippen LogP contribution is -2.17. The summed E-state index contributed by atoms with van der Waals surface area (Å²) < 4.78 is 0. The van der Waals surface area contributed by atoms with Gasteiger partial charge in [0.05, 0.1) is 18.2 Å². The van der Waals surface area contributed by atoms with Crippen molar-refractivity contribution in [1.29, 1.82) is 5.26 Å². The minimum absolute atomic E-state index is 0.694. The highest BCUT2D eigenvalue weighted by Gasteiger charge is 2.07. The topological polar surface area (TPSA) is 64.8 Å². The van der Waals surface area contributed by atoms with Gasteiger partial charge in [-0.1, -0.05) is 23.5 Å². The average molecular weight is 273 g/mol. The van der Waals surface area contributed by atoms with E-state index in [1.54, 1.807) is 11.3 Å². The first-order valence-corrected chi connectivity index (χ1v) is 6.70. The van der Waals surface area contributed by atoms with Crippen molar-refractivity contribution in [1.82, 2.24) is 15.1 Å². The van der Waals surface area contributed by atoms with Gasteiger partial charge in [0.15, 0.2) is 0 Å². The molecule has 0 aliphatic carbocycles.